The van der Waals surface area contributed by atoms with Crippen molar-refractivity contribution in [2.24, 2.45) is 5.73 Å². The van der Waals surface area contributed by atoms with E-state index >= 15 is 0 Å². The highest BCUT2D eigenvalue weighted by molar-refractivity contribution is 7.89. The van der Waals surface area contributed by atoms with Crippen LogP contribution in [0.25, 0.3) is 0 Å². The number of nitrogens with two attached hydrogens (primary N) is 1. The topological polar surface area (TPSA) is 63.4 Å². The van der Waals surface area contributed by atoms with Crippen LogP contribution >= 0.6 is 0 Å². The van der Waals surface area contributed by atoms with Gasteiger partial charge in [-0.05, 0) is 31.5 Å². The van der Waals surface area contributed by atoms with Crippen molar-refractivity contribution in [2.45, 2.75) is 31.3 Å². The van der Waals surface area contributed by atoms with Crippen molar-refractivity contribution in [3.63, 3.8) is 0 Å². The molecular formula is C11H17FN2O2S. The largest absolute Gasteiger partial charge is 0.326 e. The number of nitrogens with zero attached hydrogens (tertiary/aromatic N) is 1. The number of hydrogen-bond donors (Lipinski definition) is 1. The van der Waals surface area contributed by atoms with Gasteiger partial charge in [0.15, 0.2) is 0 Å². The lowest BCUT2D eigenvalue weighted by Gasteiger charge is -2.21. The van der Waals surface area contributed by atoms with Gasteiger partial charge in [-0.1, -0.05) is 6.07 Å². The molecule has 0 aromatic heterocycles. The molecule has 0 aliphatic rings. The van der Waals surface area contributed by atoms with Crippen molar-refractivity contribution in [3.8, 4) is 0 Å². The molecule has 0 bridgehead atoms. The van der Waals surface area contributed by atoms with Crippen LogP contribution in [0, 0.1) is 5.82 Å². The standard InChI is InChI=1S/C11H17FN2O2S/c1-8(2)14(3)17(15,16)11-6-9(7-13)4-5-10(11)12/h4-6,8H,7,13H2,1-3H3. The Morgan fingerprint density at radius 1 is 1.41 bits per heavy atom. The summed E-state index contributed by atoms with van der Waals surface area (Å²) < 4.78 is 38.9. The molecule has 1 rings (SSSR count). The van der Waals surface area contributed by atoms with E-state index in [1.54, 1.807) is 13.8 Å². The molecule has 0 saturated heterocycles. The maximum Gasteiger partial charge on any atom is 0.245 e. The van der Waals surface area contributed by atoms with E-state index in [0.29, 0.717) is 5.56 Å². The minimum atomic E-state index is -3.80. The number of halogens is 1. The molecule has 4 nitrogen and oxygen atoms in total. The van der Waals surface area contributed by atoms with E-state index in [4.69, 9.17) is 5.73 Å². The molecule has 2 N–H and O–H groups in total. The molecule has 0 radical (unpaired) electrons. The van der Waals surface area contributed by atoms with E-state index in [9.17, 15) is 12.8 Å². The number of hydrogen-bond acceptors (Lipinski definition) is 3. The third-order valence-corrected chi connectivity index (χ3v) is 4.66. The van der Waals surface area contributed by atoms with Crippen molar-refractivity contribution in [2.75, 3.05) is 7.05 Å². The molecule has 6 heteroatoms. The van der Waals surface area contributed by atoms with Gasteiger partial charge in [0, 0.05) is 19.6 Å². The molecule has 1 aromatic rings. The summed E-state index contributed by atoms with van der Waals surface area (Å²) in [6, 6.07) is 3.65. The predicted octanol–water partition coefficient (Wildman–Crippen LogP) is 1.31. The van der Waals surface area contributed by atoms with E-state index in [1.165, 1.54) is 19.2 Å². The molecule has 17 heavy (non-hydrogen) atoms. The third-order valence-electron chi connectivity index (χ3n) is 2.62. The van der Waals surface area contributed by atoms with Gasteiger partial charge in [0.1, 0.15) is 10.7 Å². The van der Waals surface area contributed by atoms with Crippen molar-refractivity contribution >= 4 is 10.0 Å². The summed E-state index contributed by atoms with van der Waals surface area (Å²) in [5, 5.41) is 0. The molecule has 0 spiro atoms. The average Bonchev–Trinajstić information content (AvgIpc) is 2.28. The van der Waals surface area contributed by atoms with Gasteiger partial charge in [0.2, 0.25) is 10.0 Å². The second kappa shape index (κ2) is 5.12. The summed E-state index contributed by atoms with van der Waals surface area (Å²) in [5.41, 5.74) is 6.00. The Morgan fingerprint density at radius 3 is 2.47 bits per heavy atom. The molecule has 0 heterocycles. The van der Waals surface area contributed by atoms with Gasteiger partial charge in [0.05, 0.1) is 0 Å². The summed E-state index contributed by atoms with van der Waals surface area (Å²) in [6.45, 7) is 3.62. The first-order chi connectivity index (χ1) is 7.80. The zero-order chi connectivity index (χ0) is 13.2. The first-order valence-electron chi connectivity index (χ1n) is 5.27. The van der Waals surface area contributed by atoms with Crippen LogP contribution < -0.4 is 5.73 Å². The van der Waals surface area contributed by atoms with Gasteiger partial charge in [-0.2, -0.15) is 4.31 Å². The lowest BCUT2D eigenvalue weighted by Crippen LogP contribution is -2.33. The normalized spacial score (nSPS) is 12.4. The molecule has 0 unspecified atom stereocenters. The Hall–Kier alpha value is -0.980. The first kappa shape index (κ1) is 14.1. The number of benzene rings is 1. The number of rotatable bonds is 4. The predicted molar refractivity (Wildman–Crippen MR) is 64.4 cm³/mol. The Kier molecular flexibility index (Phi) is 4.24. The van der Waals surface area contributed by atoms with Crippen LogP contribution in [-0.2, 0) is 16.6 Å². The molecular weight excluding hydrogens is 243 g/mol. The van der Waals surface area contributed by atoms with Crippen LogP contribution in [0.2, 0.25) is 0 Å². The zero-order valence-electron chi connectivity index (χ0n) is 10.1. The summed E-state index contributed by atoms with van der Waals surface area (Å²) in [6.07, 6.45) is 0. The fourth-order valence-electron chi connectivity index (χ4n) is 1.31. The van der Waals surface area contributed by atoms with Crippen LogP contribution in [0.4, 0.5) is 4.39 Å². The molecule has 0 fully saturated rings. The molecule has 1 aromatic carbocycles. The van der Waals surface area contributed by atoms with Crippen LogP contribution in [0.1, 0.15) is 19.4 Å². The highest BCUT2D eigenvalue weighted by Gasteiger charge is 2.26. The van der Waals surface area contributed by atoms with Gasteiger partial charge >= 0.3 is 0 Å². The fraction of sp³-hybridized carbons (Fsp3) is 0.455. The minimum absolute atomic E-state index is 0.175. The average molecular weight is 260 g/mol. The van der Waals surface area contributed by atoms with E-state index in [0.717, 1.165) is 10.4 Å². The first-order valence-corrected chi connectivity index (χ1v) is 6.71. The molecule has 96 valence electrons. The molecule has 0 amide bonds. The van der Waals surface area contributed by atoms with E-state index < -0.39 is 15.8 Å². The highest BCUT2D eigenvalue weighted by Crippen LogP contribution is 2.21. The lowest BCUT2D eigenvalue weighted by atomic mass is 10.2. The van der Waals surface area contributed by atoms with Crippen LogP contribution in [0.15, 0.2) is 23.1 Å². The minimum Gasteiger partial charge on any atom is -0.326 e. The molecule has 0 aliphatic heterocycles. The van der Waals surface area contributed by atoms with Gasteiger partial charge in [0.25, 0.3) is 0 Å². The second-order valence-corrected chi connectivity index (χ2v) is 6.05. The highest BCUT2D eigenvalue weighted by atomic mass is 32.2. The fourth-order valence-corrected chi connectivity index (χ4v) is 2.79. The van der Waals surface area contributed by atoms with E-state index in [2.05, 4.69) is 0 Å². The summed E-state index contributed by atoms with van der Waals surface area (Å²) >= 11 is 0. The van der Waals surface area contributed by atoms with E-state index in [-0.39, 0.29) is 17.5 Å². The number of sulfonamides is 1. The second-order valence-electron chi connectivity index (χ2n) is 4.08. The van der Waals surface area contributed by atoms with Gasteiger partial charge in [-0.15, -0.1) is 0 Å². The van der Waals surface area contributed by atoms with Crippen molar-refractivity contribution in [1.82, 2.24) is 4.31 Å². The Morgan fingerprint density at radius 2 is 2.00 bits per heavy atom. The summed E-state index contributed by atoms with van der Waals surface area (Å²) in [5.74, 6) is -0.755. The molecule has 0 atom stereocenters. The monoisotopic (exact) mass is 260 g/mol. The van der Waals surface area contributed by atoms with Crippen molar-refractivity contribution in [3.05, 3.63) is 29.6 Å². The van der Waals surface area contributed by atoms with E-state index in [1.807, 2.05) is 0 Å². The Labute approximate surface area is 101 Å². The van der Waals surface area contributed by atoms with Gasteiger partial charge in [-0.25, -0.2) is 12.8 Å². The maximum absolute atomic E-state index is 13.6. The van der Waals surface area contributed by atoms with Crippen LogP contribution in [-0.4, -0.2) is 25.8 Å². The van der Waals surface area contributed by atoms with Crippen LogP contribution in [0.5, 0.6) is 0 Å². The molecule has 0 saturated carbocycles. The van der Waals surface area contributed by atoms with Crippen LogP contribution in [0.3, 0.4) is 0 Å². The zero-order valence-corrected chi connectivity index (χ0v) is 11.0. The van der Waals surface area contributed by atoms with Crippen molar-refractivity contribution in [1.29, 1.82) is 0 Å². The van der Waals surface area contributed by atoms with Gasteiger partial charge in [-0.3, -0.25) is 0 Å². The summed E-state index contributed by atoms with van der Waals surface area (Å²) in [7, 11) is -2.37. The Balaban J connectivity index is 3.32. The maximum atomic E-state index is 13.6. The van der Waals surface area contributed by atoms with Gasteiger partial charge < -0.3 is 5.73 Å². The third kappa shape index (κ3) is 2.83. The summed E-state index contributed by atoms with van der Waals surface area (Å²) in [4.78, 5) is -0.323. The van der Waals surface area contributed by atoms with Crippen molar-refractivity contribution < 1.29 is 12.8 Å². The SMILES string of the molecule is CC(C)N(C)S(=O)(=O)c1cc(CN)ccc1F. The lowest BCUT2D eigenvalue weighted by molar-refractivity contribution is 0.407. The smallest absolute Gasteiger partial charge is 0.245 e. The quantitative estimate of drug-likeness (QED) is 0.888. The Bertz CT molecular complexity index is 500. The molecule has 0 aliphatic carbocycles.